The van der Waals surface area contributed by atoms with Crippen LogP contribution in [0.15, 0.2) is 11.2 Å². The maximum absolute atomic E-state index is 12.0. The van der Waals surface area contributed by atoms with Gasteiger partial charge in [0, 0.05) is 13.2 Å². The molecule has 1 atom stereocenters. The Morgan fingerprint density at radius 2 is 2.11 bits per heavy atom. The lowest BCUT2D eigenvalue weighted by Gasteiger charge is -2.15. The first-order valence-electron chi connectivity index (χ1n) is 5.88. The zero-order chi connectivity index (χ0) is 14.8. The summed E-state index contributed by atoms with van der Waals surface area (Å²) in [5, 5.41) is 8.88. The van der Waals surface area contributed by atoms with Crippen LogP contribution in [0.4, 0.5) is 0 Å². The Balaban J connectivity index is 2.97. The van der Waals surface area contributed by atoms with Gasteiger partial charge in [0.15, 0.2) is 5.03 Å². The van der Waals surface area contributed by atoms with Crippen molar-refractivity contribution >= 4 is 16.0 Å². The second kappa shape index (κ2) is 5.70. The van der Waals surface area contributed by atoms with Crippen LogP contribution >= 0.6 is 0 Å². The van der Waals surface area contributed by atoms with Gasteiger partial charge in [-0.2, -0.15) is 4.72 Å². The molecule has 1 heterocycles. The first kappa shape index (κ1) is 15.6. The van der Waals surface area contributed by atoms with E-state index in [4.69, 9.17) is 5.11 Å². The number of aromatic nitrogens is 2. The Morgan fingerprint density at radius 1 is 1.53 bits per heavy atom. The third-order valence-corrected chi connectivity index (χ3v) is 4.01. The van der Waals surface area contributed by atoms with Gasteiger partial charge in [-0.05, 0) is 19.3 Å². The van der Waals surface area contributed by atoms with Gasteiger partial charge in [0.25, 0.3) is 10.0 Å². The van der Waals surface area contributed by atoms with E-state index in [0.717, 1.165) is 0 Å². The van der Waals surface area contributed by atoms with E-state index in [1.807, 2.05) is 13.8 Å². The van der Waals surface area contributed by atoms with Crippen LogP contribution in [0.25, 0.3) is 0 Å². The van der Waals surface area contributed by atoms with E-state index in [1.54, 1.807) is 18.5 Å². The lowest BCUT2D eigenvalue weighted by atomic mass is 10.1. The number of aryl methyl sites for hydroxylation is 2. The third kappa shape index (κ3) is 4.03. The molecule has 0 amide bonds. The van der Waals surface area contributed by atoms with Gasteiger partial charge in [-0.25, -0.2) is 13.4 Å². The lowest BCUT2D eigenvalue weighted by molar-refractivity contribution is -0.139. The maximum Gasteiger partial charge on any atom is 0.321 e. The molecule has 0 aliphatic heterocycles. The number of sulfonamides is 1. The summed E-state index contributed by atoms with van der Waals surface area (Å²) in [6, 6.07) is -1.15. The first-order valence-corrected chi connectivity index (χ1v) is 7.37. The van der Waals surface area contributed by atoms with Crippen LogP contribution in [-0.2, 0) is 21.9 Å². The average molecular weight is 289 g/mol. The second-order valence-corrected chi connectivity index (χ2v) is 6.54. The quantitative estimate of drug-likeness (QED) is 0.794. The highest BCUT2D eigenvalue weighted by Gasteiger charge is 2.27. The summed E-state index contributed by atoms with van der Waals surface area (Å²) in [7, 11) is -2.24. The molecule has 0 saturated heterocycles. The fourth-order valence-corrected chi connectivity index (χ4v) is 2.82. The van der Waals surface area contributed by atoms with E-state index in [1.165, 1.54) is 6.20 Å². The van der Waals surface area contributed by atoms with Crippen molar-refractivity contribution in [2.24, 2.45) is 13.0 Å². The normalized spacial score (nSPS) is 13.7. The minimum atomic E-state index is -3.91. The predicted molar refractivity (Wildman–Crippen MR) is 69.1 cm³/mol. The minimum absolute atomic E-state index is 0.0641. The molecular formula is C11H19N3O4S. The van der Waals surface area contributed by atoms with Crippen molar-refractivity contribution in [1.29, 1.82) is 0 Å². The van der Waals surface area contributed by atoms with Crippen molar-refractivity contribution in [1.82, 2.24) is 14.3 Å². The van der Waals surface area contributed by atoms with Gasteiger partial charge in [-0.15, -0.1) is 0 Å². The molecule has 0 fully saturated rings. The number of carboxylic acids is 1. The number of hydrogen-bond donors (Lipinski definition) is 2. The van der Waals surface area contributed by atoms with Crippen molar-refractivity contribution in [2.75, 3.05) is 0 Å². The topological polar surface area (TPSA) is 101 Å². The van der Waals surface area contributed by atoms with Crippen LogP contribution in [0, 0.1) is 12.8 Å². The number of imidazole rings is 1. The van der Waals surface area contributed by atoms with Crippen LogP contribution in [0.2, 0.25) is 0 Å². The van der Waals surface area contributed by atoms with Crippen molar-refractivity contribution in [3.05, 3.63) is 12.0 Å². The number of nitrogens with one attached hydrogen (secondary N) is 1. The third-order valence-electron chi connectivity index (χ3n) is 2.66. The van der Waals surface area contributed by atoms with Crippen molar-refractivity contribution in [3.63, 3.8) is 0 Å². The van der Waals surface area contributed by atoms with Crippen LogP contribution in [0.3, 0.4) is 0 Å². The van der Waals surface area contributed by atoms with E-state index in [9.17, 15) is 13.2 Å². The molecule has 19 heavy (non-hydrogen) atoms. The molecule has 0 radical (unpaired) electrons. The van der Waals surface area contributed by atoms with E-state index >= 15 is 0 Å². The van der Waals surface area contributed by atoms with E-state index in [-0.39, 0.29) is 17.4 Å². The van der Waals surface area contributed by atoms with Gasteiger partial charge in [0.2, 0.25) is 0 Å². The van der Waals surface area contributed by atoms with Gasteiger partial charge >= 0.3 is 5.97 Å². The molecule has 7 nitrogen and oxygen atoms in total. The Morgan fingerprint density at radius 3 is 2.47 bits per heavy atom. The number of carbonyl (C=O) groups is 1. The van der Waals surface area contributed by atoms with Crippen LogP contribution in [0.1, 0.15) is 26.1 Å². The van der Waals surface area contributed by atoms with E-state index in [0.29, 0.717) is 5.82 Å². The molecule has 1 aromatic heterocycles. The van der Waals surface area contributed by atoms with Gasteiger partial charge in [0.1, 0.15) is 11.9 Å². The molecule has 0 aliphatic carbocycles. The summed E-state index contributed by atoms with van der Waals surface area (Å²) < 4.78 is 27.8. The standard InChI is InChI=1S/C11H19N3O4S/c1-7(2)5-9(11(15)16)13-19(17,18)10-6-14(4)8(3)12-10/h6-7,9,13H,5H2,1-4H3,(H,15,16)/t9-/m1/s1. The zero-order valence-corrected chi connectivity index (χ0v) is 12.2. The molecule has 0 aliphatic rings. The predicted octanol–water partition coefficient (Wildman–Crippen LogP) is 0.506. The maximum atomic E-state index is 12.0. The molecule has 8 heteroatoms. The summed E-state index contributed by atoms with van der Waals surface area (Å²) in [5.74, 6) is -0.588. The van der Waals surface area contributed by atoms with Crippen LogP contribution in [-0.4, -0.2) is 35.1 Å². The lowest BCUT2D eigenvalue weighted by Crippen LogP contribution is -2.41. The Kier molecular flexibility index (Phi) is 4.70. The monoisotopic (exact) mass is 289 g/mol. The molecule has 1 aromatic rings. The number of rotatable bonds is 6. The Bertz CT molecular complexity index is 543. The summed E-state index contributed by atoms with van der Waals surface area (Å²) in [6.45, 7) is 5.33. The molecule has 108 valence electrons. The second-order valence-electron chi connectivity index (χ2n) is 4.88. The highest BCUT2D eigenvalue weighted by atomic mass is 32.2. The molecule has 0 saturated carbocycles. The Hall–Kier alpha value is -1.41. The van der Waals surface area contributed by atoms with Gasteiger partial charge in [-0.3, -0.25) is 4.79 Å². The number of hydrogen-bond acceptors (Lipinski definition) is 4. The summed E-state index contributed by atoms with van der Waals surface area (Å²) >= 11 is 0. The highest BCUT2D eigenvalue weighted by molar-refractivity contribution is 7.89. The molecular weight excluding hydrogens is 270 g/mol. The number of carboxylic acid groups (broad SMARTS) is 1. The average Bonchev–Trinajstić information content (AvgIpc) is 2.58. The largest absolute Gasteiger partial charge is 0.480 e. The molecule has 0 aromatic carbocycles. The minimum Gasteiger partial charge on any atom is -0.480 e. The van der Waals surface area contributed by atoms with Crippen LogP contribution in [0.5, 0.6) is 0 Å². The number of nitrogens with zero attached hydrogens (tertiary/aromatic N) is 2. The zero-order valence-electron chi connectivity index (χ0n) is 11.4. The number of aliphatic carboxylic acids is 1. The van der Waals surface area contributed by atoms with Gasteiger partial charge in [0.05, 0.1) is 0 Å². The van der Waals surface area contributed by atoms with Gasteiger partial charge in [-0.1, -0.05) is 13.8 Å². The summed E-state index contributed by atoms with van der Waals surface area (Å²) in [4.78, 5) is 15.0. The summed E-state index contributed by atoms with van der Waals surface area (Å²) in [5.41, 5.74) is 0. The SMILES string of the molecule is Cc1nc(S(=O)(=O)N[C@H](CC(C)C)C(=O)O)cn1C. The first-order chi connectivity index (χ1) is 8.63. The van der Waals surface area contributed by atoms with E-state index in [2.05, 4.69) is 9.71 Å². The van der Waals surface area contributed by atoms with Crippen LogP contribution < -0.4 is 4.72 Å². The fraction of sp³-hybridized carbons (Fsp3) is 0.636. The molecule has 0 unspecified atom stereocenters. The highest BCUT2D eigenvalue weighted by Crippen LogP contribution is 2.11. The van der Waals surface area contributed by atoms with Crippen molar-refractivity contribution in [2.45, 2.75) is 38.3 Å². The Labute approximate surface area is 112 Å². The molecule has 0 bridgehead atoms. The molecule has 2 N–H and O–H groups in total. The van der Waals surface area contributed by atoms with Gasteiger partial charge < -0.3 is 9.67 Å². The van der Waals surface area contributed by atoms with E-state index < -0.39 is 22.0 Å². The summed E-state index contributed by atoms with van der Waals surface area (Å²) in [6.07, 6.45) is 1.58. The fourth-order valence-electron chi connectivity index (χ4n) is 1.57. The molecule has 0 spiro atoms. The molecule has 1 rings (SSSR count). The van der Waals surface area contributed by atoms with Crippen molar-refractivity contribution < 1.29 is 18.3 Å². The smallest absolute Gasteiger partial charge is 0.321 e. The van der Waals surface area contributed by atoms with Crippen molar-refractivity contribution in [3.8, 4) is 0 Å².